The second-order valence-electron chi connectivity index (χ2n) is 3.62. The number of halogens is 4. The van der Waals surface area contributed by atoms with Crippen molar-refractivity contribution >= 4 is 17.6 Å². The van der Waals surface area contributed by atoms with Gasteiger partial charge in [-0.3, -0.25) is 4.79 Å². The maximum Gasteiger partial charge on any atom is 0.422 e. The highest BCUT2D eigenvalue weighted by molar-refractivity contribution is 6.31. The van der Waals surface area contributed by atoms with Gasteiger partial charge in [-0.15, -0.1) is 0 Å². The predicted molar refractivity (Wildman–Crippen MR) is 60.1 cm³/mol. The van der Waals surface area contributed by atoms with Gasteiger partial charge in [0.15, 0.2) is 6.61 Å². The molecule has 0 aromatic heterocycles. The van der Waals surface area contributed by atoms with E-state index in [1.165, 1.54) is 0 Å². The molecule has 100 valence electrons. The average molecular weight is 282 g/mol. The van der Waals surface area contributed by atoms with Crippen LogP contribution in [0.1, 0.15) is 5.56 Å². The molecule has 1 rings (SSSR count). The first-order valence-electron chi connectivity index (χ1n) is 5.02. The number of esters is 1. The first-order valence-corrected chi connectivity index (χ1v) is 5.40. The standard InChI is InChI=1S/C11H11ClF3NO2/c12-8-4-2-1-3-7(8)5-9(16)10(17)18-6-11(13,14)15/h1-4,9H,5-6,16H2/t9-/m0/s1. The van der Waals surface area contributed by atoms with E-state index in [0.29, 0.717) is 10.6 Å². The van der Waals surface area contributed by atoms with Gasteiger partial charge >= 0.3 is 12.1 Å². The van der Waals surface area contributed by atoms with Gasteiger partial charge < -0.3 is 10.5 Å². The molecule has 18 heavy (non-hydrogen) atoms. The molecule has 1 aromatic carbocycles. The van der Waals surface area contributed by atoms with Crippen molar-refractivity contribution in [1.29, 1.82) is 0 Å². The minimum atomic E-state index is -4.56. The van der Waals surface area contributed by atoms with Crippen LogP contribution in [-0.4, -0.2) is 24.8 Å². The quantitative estimate of drug-likeness (QED) is 0.862. The van der Waals surface area contributed by atoms with E-state index >= 15 is 0 Å². The van der Waals surface area contributed by atoms with Crippen molar-refractivity contribution in [2.45, 2.75) is 18.6 Å². The third-order valence-electron chi connectivity index (χ3n) is 2.08. The molecule has 0 radical (unpaired) electrons. The summed E-state index contributed by atoms with van der Waals surface area (Å²) in [7, 11) is 0. The van der Waals surface area contributed by atoms with Crippen molar-refractivity contribution in [2.24, 2.45) is 5.73 Å². The second-order valence-corrected chi connectivity index (χ2v) is 4.03. The van der Waals surface area contributed by atoms with Crippen LogP contribution in [0.3, 0.4) is 0 Å². The highest BCUT2D eigenvalue weighted by atomic mass is 35.5. The Labute approximate surface area is 107 Å². The molecule has 1 atom stereocenters. The lowest BCUT2D eigenvalue weighted by atomic mass is 10.1. The fourth-order valence-electron chi connectivity index (χ4n) is 1.24. The van der Waals surface area contributed by atoms with E-state index in [4.69, 9.17) is 17.3 Å². The van der Waals surface area contributed by atoms with E-state index in [1.54, 1.807) is 24.3 Å². The van der Waals surface area contributed by atoms with Gasteiger partial charge in [0, 0.05) is 5.02 Å². The number of hydrogen-bond donors (Lipinski definition) is 1. The van der Waals surface area contributed by atoms with Crippen LogP contribution < -0.4 is 5.73 Å². The highest BCUT2D eigenvalue weighted by Gasteiger charge is 2.30. The van der Waals surface area contributed by atoms with Gasteiger partial charge in [0.25, 0.3) is 0 Å². The Morgan fingerprint density at radius 2 is 2.00 bits per heavy atom. The smallest absolute Gasteiger partial charge is 0.422 e. The van der Waals surface area contributed by atoms with E-state index in [1.807, 2.05) is 0 Å². The topological polar surface area (TPSA) is 52.3 Å². The Morgan fingerprint density at radius 1 is 1.39 bits per heavy atom. The maximum atomic E-state index is 11.8. The summed E-state index contributed by atoms with van der Waals surface area (Å²) in [5.74, 6) is -1.10. The van der Waals surface area contributed by atoms with Gasteiger partial charge in [-0.1, -0.05) is 29.8 Å². The summed E-state index contributed by atoms with van der Waals surface area (Å²) < 4.78 is 39.5. The minimum absolute atomic E-state index is 0.0242. The lowest BCUT2D eigenvalue weighted by Crippen LogP contribution is -2.36. The minimum Gasteiger partial charge on any atom is -0.455 e. The molecule has 0 aliphatic carbocycles. The third kappa shape index (κ3) is 4.93. The van der Waals surface area contributed by atoms with Crippen molar-refractivity contribution < 1.29 is 22.7 Å². The van der Waals surface area contributed by atoms with Crippen molar-refractivity contribution in [2.75, 3.05) is 6.61 Å². The van der Waals surface area contributed by atoms with Gasteiger partial charge in [0.2, 0.25) is 0 Å². The number of hydrogen-bond acceptors (Lipinski definition) is 3. The largest absolute Gasteiger partial charge is 0.455 e. The number of nitrogens with two attached hydrogens (primary N) is 1. The summed E-state index contributed by atoms with van der Waals surface area (Å²) in [5.41, 5.74) is 6.03. The van der Waals surface area contributed by atoms with E-state index < -0.39 is 24.8 Å². The van der Waals surface area contributed by atoms with E-state index in [-0.39, 0.29) is 6.42 Å². The Morgan fingerprint density at radius 3 is 2.56 bits per heavy atom. The molecule has 0 aliphatic rings. The lowest BCUT2D eigenvalue weighted by molar-refractivity contribution is -0.187. The Bertz CT molecular complexity index is 423. The summed E-state index contributed by atoms with van der Waals surface area (Å²) in [6.07, 6.45) is -4.53. The SMILES string of the molecule is N[C@@H](Cc1ccccc1Cl)C(=O)OCC(F)(F)F. The molecule has 2 N–H and O–H groups in total. The molecule has 0 unspecified atom stereocenters. The Kier molecular flexibility index (Phi) is 4.98. The van der Waals surface area contributed by atoms with Crippen molar-refractivity contribution in [3.05, 3.63) is 34.9 Å². The van der Waals surface area contributed by atoms with Gasteiger partial charge in [-0.05, 0) is 18.1 Å². The number of carbonyl (C=O) groups excluding carboxylic acids is 1. The molecule has 0 fully saturated rings. The number of alkyl halides is 3. The Hall–Kier alpha value is -1.27. The predicted octanol–water partition coefficient (Wildman–Crippen LogP) is 2.32. The van der Waals surface area contributed by atoms with Crippen LogP contribution in [0.2, 0.25) is 5.02 Å². The fraction of sp³-hybridized carbons (Fsp3) is 0.364. The lowest BCUT2D eigenvalue weighted by Gasteiger charge is -2.13. The van der Waals surface area contributed by atoms with Crippen LogP contribution in [0.25, 0.3) is 0 Å². The first kappa shape index (κ1) is 14.8. The summed E-state index contributed by atoms with van der Waals surface area (Å²) in [5, 5.41) is 0.400. The van der Waals surface area contributed by atoms with E-state index in [0.717, 1.165) is 0 Å². The number of carbonyl (C=O) groups is 1. The molecule has 7 heteroatoms. The molecule has 0 spiro atoms. The second kappa shape index (κ2) is 6.06. The van der Waals surface area contributed by atoms with Gasteiger partial charge in [0.05, 0.1) is 0 Å². The molecular formula is C11H11ClF3NO2. The average Bonchev–Trinajstić information content (AvgIpc) is 2.28. The van der Waals surface area contributed by atoms with Crippen LogP contribution in [0.5, 0.6) is 0 Å². The van der Waals surface area contributed by atoms with Gasteiger partial charge in [-0.25, -0.2) is 0 Å². The van der Waals surface area contributed by atoms with Crippen molar-refractivity contribution in [3.63, 3.8) is 0 Å². The van der Waals surface area contributed by atoms with E-state index in [9.17, 15) is 18.0 Å². The van der Waals surface area contributed by atoms with Crippen LogP contribution >= 0.6 is 11.6 Å². The van der Waals surface area contributed by atoms with Gasteiger partial charge in [0.1, 0.15) is 6.04 Å². The molecular weight excluding hydrogens is 271 g/mol. The number of rotatable bonds is 4. The summed E-state index contributed by atoms with van der Waals surface area (Å²) in [4.78, 5) is 11.2. The van der Waals surface area contributed by atoms with Gasteiger partial charge in [-0.2, -0.15) is 13.2 Å². The number of benzene rings is 1. The monoisotopic (exact) mass is 281 g/mol. The molecule has 0 aliphatic heterocycles. The summed E-state index contributed by atoms with van der Waals surface area (Å²) >= 11 is 5.83. The van der Waals surface area contributed by atoms with Crippen LogP contribution in [-0.2, 0) is 16.0 Å². The molecule has 3 nitrogen and oxygen atoms in total. The maximum absolute atomic E-state index is 11.8. The number of ether oxygens (including phenoxy) is 1. The highest BCUT2D eigenvalue weighted by Crippen LogP contribution is 2.18. The normalized spacial score (nSPS) is 13.2. The van der Waals surface area contributed by atoms with Crippen LogP contribution in [0.4, 0.5) is 13.2 Å². The van der Waals surface area contributed by atoms with Crippen molar-refractivity contribution in [1.82, 2.24) is 0 Å². The fourth-order valence-corrected chi connectivity index (χ4v) is 1.46. The zero-order valence-electron chi connectivity index (χ0n) is 9.21. The molecule has 0 heterocycles. The summed E-state index contributed by atoms with van der Waals surface area (Å²) in [6.45, 7) is -1.64. The zero-order valence-corrected chi connectivity index (χ0v) is 9.96. The van der Waals surface area contributed by atoms with Crippen LogP contribution in [0, 0.1) is 0 Å². The summed E-state index contributed by atoms with van der Waals surface area (Å²) in [6, 6.07) is 5.45. The Balaban J connectivity index is 2.53. The first-order chi connectivity index (χ1) is 8.29. The van der Waals surface area contributed by atoms with Crippen LogP contribution in [0.15, 0.2) is 24.3 Å². The molecule has 0 bridgehead atoms. The zero-order chi connectivity index (χ0) is 13.8. The third-order valence-corrected chi connectivity index (χ3v) is 2.45. The molecule has 0 saturated heterocycles. The molecule has 1 aromatic rings. The molecule has 0 saturated carbocycles. The van der Waals surface area contributed by atoms with E-state index in [2.05, 4.69) is 4.74 Å². The molecule has 0 amide bonds. The van der Waals surface area contributed by atoms with Crippen molar-refractivity contribution in [3.8, 4) is 0 Å².